The van der Waals surface area contributed by atoms with Crippen LogP contribution in [-0.2, 0) is 25.7 Å². The van der Waals surface area contributed by atoms with Gasteiger partial charge in [-0.15, -0.1) is 0 Å². The molecule has 0 aromatic heterocycles. The Balaban J connectivity index is 1.37. The summed E-state index contributed by atoms with van der Waals surface area (Å²) in [5.74, 6) is -1.19. The van der Waals surface area contributed by atoms with Gasteiger partial charge in [0.2, 0.25) is 0 Å². The van der Waals surface area contributed by atoms with E-state index in [1.165, 1.54) is 0 Å². The summed E-state index contributed by atoms with van der Waals surface area (Å²) >= 11 is 0. The maximum Gasteiger partial charge on any atom is 0.309 e. The van der Waals surface area contributed by atoms with Gasteiger partial charge in [0.1, 0.15) is 0 Å². The molecular weight excluding hydrogens is 396 g/mol. The Morgan fingerprint density at radius 3 is 2.45 bits per heavy atom. The van der Waals surface area contributed by atoms with E-state index in [-0.39, 0.29) is 18.6 Å². The van der Waals surface area contributed by atoms with E-state index in [0.29, 0.717) is 31.3 Å². The largest absolute Gasteiger partial charge is 0.481 e. The highest BCUT2D eigenvalue weighted by atomic mass is 16.5. The van der Waals surface area contributed by atoms with Gasteiger partial charge >= 0.3 is 17.8 Å². The molecule has 7 nitrogen and oxygen atoms in total. The molecule has 1 aromatic rings. The third-order valence-corrected chi connectivity index (χ3v) is 6.19. The third-order valence-electron chi connectivity index (χ3n) is 6.19. The first-order valence-corrected chi connectivity index (χ1v) is 11.2. The first-order chi connectivity index (χ1) is 15.0. The molecule has 4 atom stereocenters. The number of carboxylic acids is 1. The molecule has 168 valence electrons. The van der Waals surface area contributed by atoms with Gasteiger partial charge in [0.15, 0.2) is 0 Å². The van der Waals surface area contributed by atoms with Gasteiger partial charge in [-0.2, -0.15) is 0 Å². The predicted molar refractivity (Wildman–Crippen MR) is 116 cm³/mol. The van der Waals surface area contributed by atoms with Gasteiger partial charge in [-0.3, -0.25) is 14.4 Å². The Labute approximate surface area is 183 Å². The van der Waals surface area contributed by atoms with Gasteiger partial charge in [-0.1, -0.05) is 42.5 Å². The number of amides is 2. The van der Waals surface area contributed by atoms with E-state index in [1.54, 1.807) is 0 Å². The van der Waals surface area contributed by atoms with Gasteiger partial charge in [-0.05, 0) is 55.9 Å². The number of hydrogen-bond donors (Lipinski definition) is 3. The molecule has 2 amide bonds. The Kier molecular flexibility index (Phi) is 8.64. The Morgan fingerprint density at radius 1 is 1.00 bits per heavy atom. The zero-order valence-electron chi connectivity index (χ0n) is 17.8. The van der Waals surface area contributed by atoms with Crippen molar-refractivity contribution in [2.75, 3.05) is 6.54 Å². The summed E-state index contributed by atoms with van der Waals surface area (Å²) in [4.78, 5) is 34.7. The lowest BCUT2D eigenvalue weighted by atomic mass is 9.76. The minimum Gasteiger partial charge on any atom is -0.481 e. The predicted octanol–water partition coefficient (Wildman–Crippen LogP) is 2.80. The van der Waals surface area contributed by atoms with Gasteiger partial charge in [0, 0.05) is 19.5 Å². The number of benzene rings is 1. The summed E-state index contributed by atoms with van der Waals surface area (Å²) in [5, 5.41) is 14.1. The lowest BCUT2D eigenvalue weighted by Crippen LogP contribution is -2.41. The summed E-state index contributed by atoms with van der Waals surface area (Å²) in [5.41, 5.74) is 0.946. The fourth-order valence-corrected chi connectivity index (χ4v) is 4.63. The van der Waals surface area contributed by atoms with Crippen LogP contribution in [0.15, 0.2) is 42.5 Å². The lowest BCUT2D eigenvalue weighted by Gasteiger charge is -2.27. The van der Waals surface area contributed by atoms with Gasteiger partial charge < -0.3 is 20.5 Å². The fourth-order valence-electron chi connectivity index (χ4n) is 4.63. The van der Waals surface area contributed by atoms with E-state index >= 15 is 0 Å². The molecule has 2 fully saturated rings. The maximum absolute atomic E-state index is 12.1. The highest BCUT2D eigenvalue weighted by molar-refractivity contribution is 6.35. The fraction of sp³-hybridized carbons (Fsp3) is 0.542. The van der Waals surface area contributed by atoms with E-state index in [0.717, 1.165) is 37.7 Å². The number of rotatable bonds is 11. The molecule has 3 rings (SSSR count). The molecule has 2 aliphatic heterocycles. The van der Waals surface area contributed by atoms with Crippen molar-refractivity contribution < 1.29 is 24.2 Å². The van der Waals surface area contributed by atoms with E-state index in [9.17, 15) is 14.4 Å². The SMILES string of the molecule is O=C(O)CCC/C=C\C[C@@H]1[C@H](CCNC(=O)C(=O)NCc2ccccc2)[C@@H]2CC[C@H]1O2. The molecule has 0 saturated carbocycles. The van der Waals surface area contributed by atoms with Crippen LogP contribution in [0, 0.1) is 11.8 Å². The number of carbonyl (C=O) groups is 3. The molecule has 2 saturated heterocycles. The molecule has 2 aliphatic rings. The second-order valence-electron chi connectivity index (χ2n) is 8.32. The third kappa shape index (κ3) is 6.92. The zero-order valence-corrected chi connectivity index (χ0v) is 17.8. The van der Waals surface area contributed by atoms with Crippen molar-refractivity contribution in [3.05, 3.63) is 48.0 Å². The van der Waals surface area contributed by atoms with E-state index in [2.05, 4.69) is 22.8 Å². The van der Waals surface area contributed by atoms with Crippen LogP contribution in [-0.4, -0.2) is 41.6 Å². The molecule has 1 aromatic carbocycles. The van der Waals surface area contributed by atoms with Crippen molar-refractivity contribution in [2.45, 2.75) is 63.7 Å². The van der Waals surface area contributed by atoms with Gasteiger partial charge in [0.05, 0.1) is 12.2 Å². The zero-order chi connectivity index (χ0) is 22.1. The maximum atomic E-state index is 12.1. The number of allylic oxidation sites excluding steroid dienone is 2. The quantitative estimate of drug-likeness (QED) is 0.286. The molecule has 0 radical (unpaired) electrons. The van der Waals surface area contributed by atoms with Crippen LogP contribution in [0.5, 0.6) is 0 Å². The average Bonchev–Trinajstić information content (AvgIpc) is 3.37. The number of nitrogens with one attached hydrogen (secondary N) is 2. The number of fused-ring (bicyclic) bond motifs is 2. The van der Waals surface area contributed by atoms with Crippen molar-refractivity contribution in [1.29, 1.82) is 0 Å². The summed E-state index contributed by atoms with van der Waals surface area (Å²) in [6.45, 7) is 0.780. The molecule has 0 unspecified atom stereocenters. The first-order valence-electron chi connectivity index (χ1n) is 11.2. The van der Waals surface area contributed by atoms with Crippen LogP contribution in [0.3, 0.4) is 0 Å². The molecule has 7 heteroatoms. The molecule has 0 aliphatic carbocycles. The van der Waals surface area contributed by atoms with E-state index < -0.39 is 17.8 Å². The average molecular weight is 429 g/mol. The highest BCUT2D eigenvalue weighted by Crippen LogP contribution is 2.46. The lowest BCUT2D eigenvalue weighted by molar-refractivity contribution is -0.139. The Morgan fingerprint density at radius 2 is 1.71 bits per heavy atom. The summed E-state index contributed by atoms with van der Waals surface area (Å²) in [6.07, 6.45) is 10.1. The van der Waals surface area contributed by atoms with Crippen LogP contribution in [0.25, 0.3) is 0 Å². The monoisotopic (exact) mass is 428 g/mol. The Bertz CT molecular complexity index is 779. The number of carbonyl (C=O) groups excluding carboxylic acids is 2. The smallest absolute Gasteiger partial charge is 0.309 e. The molecule has 3 N–H and O–H groups in total. The standard InChI is InChI=1S/C24H32N2O5/c27-22(28)11-7-2-1-6-10-18-19(21-13-12-20(18)31-21)14-15-25-23(29)24(30)26-16-17-8-4-3-5-9-17/h1,3-6,8-9,18-21H,2,7,10-16H2,(H,25,29)(H,26,30)(H,27,28)/b6-1-/t18-,19+,20-,21+/m1/s1. The minimum atomic E-state index is -0.759. The number of unbranched alkanes of at least 4 members (excludes halogenated alkanes) is 1. The second-order valence-corrected chi connectivity index (χ2v) is 8.32. The highest BCUT2D eigenvalue weighted by Gasteiger charge is 2.47. The van der Waals surface area contributed by atoms with Gasteiger partial charge in [-0.25, -0.2) is 0 Å². The normalized spacial score (nSPS) is 24.4. The van der Waals surface area contributed by atoms with Crippen molar-refractivity contribution >= 4 is 17.8 Å². The van der Waals surface area contributed by atoms with Crippen LogP contribution in [0.4, 0.5) is 0 Å². The molecule has 0 spiro atoms. The molecule has 2 heterocycles. The van der Waals surface area contributed by atoms with Crippen LogP contribution >= 0.6 is 0 Å². The van der Waals surface area contributed by atoms with E-state index in [1.807, 2.05) is 30.3 Å². The second kappa shape index (κ2) is 11.6. The number of ether oxygens (including phenoxy) is 1. The molecule has 2 bridgehead atoms. The van der Waals surface area contributed by atoms with Gasteiger partial charge in [0.25, 0.3) is 0 Å². The van der Waals surface area contributed by atoms with Crippen LogP contribution < -0.4 is 10.6 Å². The summed E-state index contributed by atoms with van der Waals surface area (Å²) in [6, 6.07) is 9.48. The summed E-state index contributed by atoms with van der Waals surface area (Å²) < 4.78 is 6.10. The summed E-state index contributed by atoms with van der Waals surface area (Å²) in [7, 11) is 0. The minimum absolute atomic E-state index is 0.197. The van der Waals surface area contributed by atoms with Crippen molar-refractivity contribution in [1.82, 2.24) is 10.6 Å². The van der Waals surface area contributed by atoms with Crippen molar-refractivity contribution in [3.8, 4) is 0 Å². The van der Waals surface area contributed by atoms with Crippen LogP contribution in [0.1, 0.15) is 50.5 Å². The van der Waals surface area contributed by atoms with Crippen molar-refractivity contribution in [3.63, 3.8) is 0 Å². The van der Waals surface area contributed by atoms with Crippen LogP contribution in [0.2, 0.25) is 0 Å². The molecule has 31 heavy (non-hydrogen) atoms. The number of hydrogen-bond acceptors (Lipinski definition) is 4. The van der Waals surface area contributed by atoms with E-state index in [4.69, 9.17) is 9.84 Å². The molecular formula is C24H32N2O5. The number of aliphatic carboxylic acids is 1. The van der Waals surface area contributed by atoms with Crippen molar-refractivity contribution in [2.24, 2.45) is 11.8 Å². The topological polar surface area (TPSA) is 105 Å². The first kappa shape index (κ1) is 23.0. The Hall–Kier alpha value is -2.67. The number of carboxylic acid groups (broad SMARTS) is 1.